The first kappa shape index (κ1) is 15.7. The van der Waals surface area contributed by atoms with Crippen molar-refractivity contribution in [1.29, 1.82) is 0 Å². The molecule has 3 rings (SSSR count). The molecule has 0 aliphatic rings. The third kappa shape index (κ3) is 3.24. The third-order valence-electron chi connectivity index (χ3n) is 3.62. The highest BCUT2D eigenvalue weighted by molar-refractivity contribution is 5.93. The van der Waals surface area contributed by atoms with Crippen molar-refractivity contribution < 1.29 is 4.79 Å². The fourth-order valence-electron chi connectivity index (χ4n) is 2.37. The minimum Gasteiger partial charge on any atom is -0.350 e. The summed E-state index contributed by atoms with van der Waals surface area (Å²) in [6, 6.07) is 8.82. The molecule has 7 heteroatoms. The van der Waals surface area contributed by atoms with Crippen molar-refractivity contribution in [2.24, 2.45) is 7.05 Å². The average molecular weight is 323 g/mol. The quantitative estimate of drug-likeness (QED) is 0.761. The van der Waals surface area contributed by atoms with Gasteiger partial charge in [-0.2, -0.15) is 0 Å². The van der Waals surface area contributed by atoms with Gasteiger partial charge >= 0.3 is 0 Å². The van der Waals surface area contributed by atoms with Crippen LogP contribution in [0.2, 0.25) is 0 Å². The van der Waals surface area contributed by atoms with E-state index >= 15 is 0 Å². The minimum atomic E-state index is -0.379. The number of imidazole rings is 1. The van der Waals surface area contributed by atoms with Crippen LogP contribution in [0.4, 0.5) is 0 Å². The monoisotopic (exact) mass is 323 g/mol. The molecule has 0 saturated carbocycles. The Morgan fingerprint density at radius 3 is 2.79 bits per heavy atom. The van der Waals surface area contributed by atoms with Crippen LogP contribution >= 0.6 is 0 Å². The van der Waals surface area contributed by atoms with Crippen molar-refractivity contribution in [3.8, 4) is 11.5 Å². The zero-order valence-electron chi connectivity index (χ0n) is 13.2. The second-order valence-electron chi connectivity index (χ2n) is 5.25. The van der Waals surface area contributed by atoms with E-state index in [1.165, 1.54) is 10.6 Å². The van der Waals surface area contributed by atoms with Gasteiger partial charge in [0.05, 0.1) is 0 Å². The molecule has 1 amide bonds. The molecule has 3 aromatic heterocycles. The molecule has 0 aliphatic carbocycles. The van der Waals surface area contributed by atoms with Crippen LogP contribution in [0.5, 0.6) is 0 Å². The van der Waals surface area contributed by atoms with Gasteiger partial charge in [0, 0.05) is 44.9 Å². The summed E-state index contributed by atoms with van der Waals surface area (Å²) in [7, 11) is 1.61. The van der Waals surface area contributed by atoms with Gasteiger partial charge in [-0.05, 0) is 24.3 Å². The van der Waals surface area contributed by atoms with Crippen LogP contribution in [0, 0.1) is 0 Å². The number of nitrogens with zero attached hydrogens (tertiary/aromatic N) is 4. The number of nitrogens with one attached hydrogen (secondary N) is 1. The van der Waals surface area contributed by atoms with Crippen LogP contribution in [0.15, 0.2) is 59.9 Å². The number of pyridine rings is 2. The summed E-state index contributed by atoms with van der Waals surface area (Å²) in [5.41, 5.74) is 0.591. The lowest BCUT2D eigenvalue weighted by atomic mass is 10.2. The summed E-state index contributed by atoms with van der Waals surface area (Å²) >= 11 is 0. The smallest absolute Gasteiger partial charge is 0.263 e. The Morgan fingerprint density at radius 2 is 2.00 bits per heavy atom. The number of carbonyl (C=O) groups is 1. The Hall–Kier alpha value is -3.22. The molecule has 1 N–H and O–H groups in total. The standard InChI is InChI=1S/C17H17N5O2/c1-21-10-4-5-13(17(21)24)16(23)20-9-12-22-11-8-19-15(22)14-6-2-3-7-18-14/h2-8,10-11H,9,12H2,1H3,(H,20,23). The summed E-state index contributed by atoms with van der Waals surface area (Å²) in [4.78, 5) is 32.6. The first-order valence-electron chi connectivity index (χ1n) is 7.53. The van der Waals surface area contributed by atoms with Crippen LogP contribution in [0.3, 0.4) is 0 Å². The van der Waals surface area contributed by atoms with E-state index in [1.54, 1.807) is 31.7 Å². The SMILES string of the molecule is Cn1cccc(C(=O)NCCn2ccnc2-c2ccccn2)c1=O. The summed E-state index contributed by atoms with van der Waals surface area (Å²) in [6.07, 6.45) is 6.85. The lowest BCUT2D eigenvalue weighted by Gasteiger charge is -2.09. The molecule has 3 heterocycles. The maximum atomic E-state index is 12.1. The van der Waals surface area contributed by atoms with Crippen LogP contribution in [0.1, 0.15) is 10.4 Å². The van der Waals surface area contributed by atoms with Crippen LogP contribution in [-0.2, 0) is 13.6 Å². The topological polar surface area (TPSA) is 81.8 Å². The maximum absolute atomic E-state index is 12.1. The largest absolute Gasteiger partial charge is 0.350 e. The van der Waals surface area contributed by atoms with Crippen LogP contribution in [-0.4, -0.2) is 31.6 Å². The zero-order valence-corrected chi connectivity index (χ0v) is 13.2. The van der Waals surface area contributed by atoms with E-state index < -0.39 is 0 Å². The van der Waals surface area contributed by atoms with E-state index in [-0.39, 0.29) is 17.0 Å². The number of carbonyl (C=O) groups excluding carboxylic acids is 1. The molecule has 24 heavy (non-hydrogen) atoms. The van der Waals surface area contributed by atoms with E-state index in [4.69, 9.17) is 0 Å². The Balaban J connectivity index is 1.66. The molecule has 0 aliphatic heterocycles. The highest BCUT2D eigenvalue weighted by Gasteiger charge is 2.11. The molecule has 0 bridgehead atoms. The number of aromatic nitrogens is 4. The number of aryl methyl sites for hydroxylation is 1. The van der Waals surface area contributed by atoms with Gasteiger partial charge < -0.3 is 14.5 Å². The lowest BCUT2D eigenvalue weighted by molar-refractivity contribution is 0.0950. The number of hydrogen-bond donors (Lipinski definition) is 1. The van der Waals surface area contributed by atoms with E-state index in [1.807, 2.05) is 29.0 Å². The van der Waals surface area contributed by atoms with Crippen molar-refractivity contribution in [3.05, 3.63) is 71.0 Å². The van der Waals surface area contributed by atoms with Gasteiger partial charge in [-0.25, -0.2) is 4.98 Å². The fraction of sp³-hybridized carbons (Fsp3) is 0.176. The summed E-state index contributed by atoms with van der Waals surface area (Å²) in [5, 5.41) is 2.76. The van der Waals surface area contributed by atoms with Gasteiger partial charge in [-0.15, -0.1) is 0 Å². The van der Waals surface area contributed by atoms with Gasteiger partial charge in [-0.1, -0.05) is 6.07 Å². The molecular weight excluding hydrogens is 306 g/mol. The number of amides is 1. The molecule has 0 saturated heterocycles. The average Bonchev–Trinajstić information content (AvgIpc) is 3.06. The molecule has 3 aromatic rings. The van der Waals surface area contributed by atoms with Crippen molar-refractivity contribution in [2.75, 3.05) is 6.54 Å². The number of hydrogen-bond acceptors (Lipinski definition) is 4. The Kier molecular flexibility index (Phi) is 4.51. The summed E-state index contributed by atoms with van der Waals surface area (Å²) in [6.45, 7) is 0.915. The minimum absolute atomic E-state index is 0.135. The van der Waals surface area contributed by atoms with Crippen molar-refractivity contribution >= 4 is 5.91 Å². The summed E-state index contributed by atoms with van der Waals surface area (Å²) in [5.74, 6) is 0.358. The second-order valence-corrected chi connectivity index (χ2v) is 5.25. The van der Waals surface area contributed by atoms with Crippen molar-refractivity contribution in [3.63, 3.8) is 0 Å². The Bertz CT molecular complexity index is 899. The zero-order chi connectivity index (χ0) is 16.9. The number of rotatable bonds is 5. The maximum Gasteiger partial charge on any atom is 0.263 e. The molecule has 7 nitrogen and oxygen atoms in total. The molecule has 122 valence electrons. The molecule has 0 radical (unpaired) electrons. The Morgan fingerprint density at radius 1 is 1.12 bits per heavy atom. The molecular formula is C17H17N5O2. The van der Waals surface area contributed by atoms with E-state index in [9.17, 15) is 9.59 Å². The third-order valence-corrected chi connectivity index (χ3v) is 3.62. The molecule has 0 spiro atoms. The summed E-state index contributed by atoms with van der Waals surface area (Å²) < 4.78 is 3.29. The van der Waals surface area contributed by atoms with Crippen molar-refractivity contribution in [1.82, 2.24) is 24.4 Å². The van der Waals surface area contributed by atoms with E-state index in [2.05, 4.69) is 15.3 Å². The highest BCUT2D eigenvalue weighted by atomic mass is 16.2. The van der Waals surface area contributed by atoms with Crippen LogP contribution < -0.4 is 10.9 Å². The first-order chi connectivity index (χ1) is 11.7. The van der Waals surface area contributed by atoms with Gasteiger partial charge in [0.1, 0.15) is 11.3 Å². The molecule has 0 unspecified atom stereocenters. The van der Waals surface area contributed by atoms with Gasteiger partial charge in [0.2, 0.25) is 0 Å². The Labute approximate surface area is 138 Å². The molecule has 0 aromatic carbocycles. The second kappa shape index (κ2) is 6.91. The van der Waals surface area contributed by atoms with Gasteiger partial charge in [-0.3, -0.25) is 14.6 Å². The van der Waals surface area contributed by atoms with Gasteiger partial charge in [0.25, 0.3) is 11.5 Å². The van der Waals surface area contributed by atoms with Crippen molar-refractivity contribution in [2.45, 2.75) is 6.54 Å². The predicted octanol–water partition coefficient (Wildman–Crippen LogP) is 1.07. The van der Waals surface area contributed by atoms with E-state index in [0.29, 0.717) is 13.1 Å². The fourth-order valence-corrected chi connectivity index (χ4v) is 2.37. The van der Waals surface area contributed by atoms with E-state index in [0.717, 1.165) is 11.5 Å². The van der Waals surface area contributed by atoms with Crippen LogP contribution in [0.25, 0.3) is 11.5 Å². The normalized spacial score (nSPS) is 10.5. The molecule has 0 atom stereocenters. The molecule has 0 fully saturated rings. The predicted molar refractivity (Wildman–Crippen MR) is 89.5 cm³/mol. The first-order valence-corrected chi connectivity index (χ1v) is 7.53. The van der Waals surface area contributed by atoms with Gasteiger partial charge in [0.15, 0.2) is 5.82 Å². The lowest BCUT2D eigenvalue weighted by Crippen LogP contribution is -2.33. The highest BCUT2D eigenvalue weighted by Crippen LogP contribution is 2.13.